The van der Waals surface area contributed by atoms with E-state index in [-0.39, 0.29) is 141 Å². The summed E-state index contributed by atoms with van der Waals surface area (Å²) in [6, 6.07) is 11.8. The first-order chi connectivity index (χ1) is 63.0. The Morgan fingerprint density at radius 3 is 1.05 bits per heavy atom. The number of nitrogens with one attached hydrogen (secondary N) is 3. The van der Waals surface area contributed by atoms with E-state index >= 15 is 0 Å². The second-order valence-corrected chi connectivity index (χ2v) is 43.1. The monoisotopic (exact) mass is 1970 g/mol. The third-order valence-electron chi connectivity index (χ3n) is 31.1. The van der Waals surface area contributed by atoms with Gasteiger partial charge in [-0.2, -0.15) is 0 Å². The van der Waals surface area contributed by atoms with E-state index in [1.807, 2.05) is 152 Å². The Morgan fingerprint density at radius 2 is 0.711 bits per heavy atom. The van der Waals surface area contributed by atoms with Gasteiger partial charge in [-0.1, -0.05) is 140 Å². The molecule has 3 saturated heterocycles. The van der Waals surface area contributed by atoms with Crippen LogP contribution < -0.4 is 44.4 Å². The molecule has 135 heavy (non-hydrogen) atoms. The Morgan fingerprint density at radius 1 is 0.393 bits per heavy atom. The van der Waals surface area contributed by atoms with Crippen molar-refractivity contribution in [3.63, 3.8) is 0 Å². The Balaban J connectivity index is 0.000000170. The van der Waals surface area contributed by atoms with E-state index in [0.717, 1.165) is 156 Å². The topological polar surface area (TPSA) is 360 Å². The van der Waals surface area contributed by atoms with Crippen molar-refractivity contribution in [2.24, 2.45) is 69.5 Å². The molecule has 6 unspecified atom stereocenters. The predicted molar refractivity (Wildman–Crippen MR) is 493 cm³/mol. The fourth-order valence-corrected chi connectivity index (χ4v) is 22.8. The number of ether oxygens (including phenoxy) is 9. The number of rotatable bonds is 9. The molecule has 12 aliphatic rings. The van der Waals surface area contributed by atoms with Crippen molar-refractivity contribution in [1.29, 1.82) is 0 Å². The van der Waals surface area contributed by atoms with Crippen LogP contribution in [0.25, 0.3) is 33.1 Å². The second kappa shape index (κ2) is 42.3. The van der Waals surface area contributed by atoms with Gasteiger partial charge in [-0.25, -0.2) is 63.1 Å². The standard InChI is InChI=1S/C35H47N4O6.C34H45N4O6.C33H43N4O6.3V/c1-7-23-27(19-40)39-18-28(23)44-31-29(36-25-14-13-22(43-6)17-26(25)37-31)24-16-20(24)10-8-11-21-12-9-15-35(21,5)45-33(42)38-30(32(39)41)34(2,3)4;1-6-22-26(18-39)38-17-28(22)43-31-29(35-24-14-13-21(42-5)16-25(24)36-31)23-15-20(23)11-7-9-19-10-8-12-27(19)44-33(41)37-30(32(38)40)34(2,3)4;1-7-21-25(17-38)37-16-26(21)42-29-27(34-23-12-11-20(41-6)14-24(23)35-29)22-13-18(22)9-8-10-19-15-33(19,5)43-31(40)36-28(30(37)39)32(2,3)4;;;/h13-14,17,20-21,23-24,27-28,30H,7-12,15-16,18H2,1-6H3,(H,38,42);13-14,16,19-20,22-23,26-28,30H,6-12,15,17H2,1-5H3,(H,37,41);11-12,14,18-19,21-22,25-26,28H,7-10,13,15-16H2,1-6H3,(H,36,40);;;/q3*-1;;;/t20?,21-,23+,24?,27-,28+,30-,35-;19-,20?,22+,23?,26-,27-,28+,30-;18?,19-,21+,22?,25-,26+,28-,33-;;;/m111.../s1. The SMILES string of the molecule is CC[C@@H]1[C@@H]2CN(C(=O)[C@H](C(C)(C)C)NC(=O)O[C@@H]3CCC[C@H]3CCCC3CC3c3nc4ccc(OC)cc4nc3O2)[C@@H]1[C-]=O.CC[C@@H]1[C@@H]2CN(C(=O)[C@H](C(C)(C)C)NC(=O)O[C@]3(C)CCC[C@H]3CCCC3CC3c3nc4ccc(OC)cc4nc3O2)[C@@H]1[C-]=O.CC[C@@H]1[C@@H]2CN(C(=O)[C@H](C(C)(C)C)NC(=O)O[C@]3(C)C[C@H]3CCCC3CC3c3nc4ccc(OC)cc4nc3O2)[C@@H]1[C-]=O.[V].[V].[V]. The average Bonchev–Trinajstić information content (AvgIpc) is 1.61. The van der Waals surface area contributed by atoms with Crippen molar-refractivity contribution in [3.8, 4) is 34.9 Å². The summed E-state index contributed by atoms with van der Waals surface area (Å²) in [6.45, 7) is 27.6. The maximum absolute atomic E-state index is 14.3. The van der Waals surface area contributed by atoms with Crippen molar-refractivity contribution in [2.45, 2.75) is 328 Å². The van der Waals surface area contributed by atoms with Crippen LogP contribution in [0.3, 0.4) is 0 Å². The van der Waals surface area contributed by atoms with Crippen LogP contribution in [-0.4, -0.2) is 212 Å². The van der Waals surface area contributed by atoms with Gasteiger partial charge in [0.2, 0.25) is 35.4 Å². The van der Waals surface area contributed by atoms with Crippen LogP contribution in [0.5, 0.6) is 34.9 Å². The fourth-order valence-electron chi connectivity index (χ4n) is 22.8. The van der Waals surface area contributed by atoms with Gasteiger partial charge in [0.25, 0.3) is 0 Å². The first-order valence-electron chi connectivity index (χ1n) is 48.6. The summed E-state index contributed by atoms with van der Waals surface area (Å²) >= 11 is 0. The Kier molecular flexibility index (Phi) is 32.5. The van der Waals surface area contributed by atoms with E-state index in [0.29, 0.717) is 100 Å². The van der Waals surface area contributed by atoms with Gasteiger partial charge >= 0.3 is 18.3 Å². The van der Waals surface area contributed by atoms with Crippen LogP contribution in [-0.2, 0) is 98.6 Å². The molecule has 3 N–H and O–H groups in total. The van der Waals surface area contributed by atoms with Crippen LogP contribution in [0.1, 0.15) is 273 Å². The summed E-state index contributed by atoms with van der Waals surface area (Å²) in [5, 5.41) is 8.66. The first kappa shape index (κ1) is 104. The minimum absolute atomic E-state index is 0. The normalized spacial score (nSPS) is 32.9. The molecule has 6 aliphatic heterocycles. The number of methoxy groups -OCH3 is 3. The Labute approximate surface area is 829 Å². The zero-order chi connectivity index (χ0) is 93.9. The summed E-state index contributed by atoms with van der Waals surface area (Å²) in [5.74, 6) is 4.51. The number of hydrogen-bond donors (Lipinski definition) is 3. The minimum Gasteiger partial charge on any atom is -0.540 e. The number of fused-ring (bicyclic) bond motifs is 21. The predicted octanol–water partition coefficient (Wildman–Crippen LogP) is 16.0. The van der Waals surface area contributed by atoms with Crippen molar-refractivity contribution in [1.82, 2.24) is 60.6 Å². The van der Waals surface area contributed by atoms with Crippen molar-refractivity contribution >= 4 is 88.0 Å². The Bertz CT molecular complexity index is 5330. The summed E-state index contributed by atoms with van der Waals surface area (Å²) < 4.78 is 54.4. The van der Waals surface area contributed by atoms with Crippen LogP contribution in [0.15, 0.2) is 54.6 Å². The number of carbonyl (C=O) groups excluding carboxylic acids is 9. The van der Waals surface area contributed by atoms with E-state index < -0.39 is 100 Å². The van der Waals surface area contributed by atoms with Crippen molar-refractivity contribution in [3.05, 3.63) is 71.7 Å². The number of aromatic nitrogens is 6. The van der Waals surface area contributed by atoms with E-state index in [2.05, 4.69) is 34.8 Å². The van der Waals surface area contributed by atoms with Crippen LogP contribution in [0.2, 0.25) is 0 Å². The smallest absolute Gasteiger partial charge is 0.408 e. The number of amides is 6. The van der Waals surface area contributed by atoms with Gasteiger partial charge in [0, 0.05) is 97.5 Å². The number of nitrogens with zero attached hydrogens (tertiary/aromatic N) is 9. The largest absolute Gasteiger partial charge is 0.540 e. The molecular weight excluding hydrogens is 1830 g/mol. The van der Waals surface area contributed by atoms with E-state index in [9.17, 15) is 43.2 Å². The molecule has 729 valence electrons. The van der Waals surface area contributed by atoms with Crippen molar-refractivity contribution in [2.75, 3.05) is 41.0 Å². The van der Waals surface area contributed by atoms with Gasteiger partial charge in [0.1, 0.15) is 88.1 Å². The van der Waals surface area contributed by atoms with Gasteiger partial charge in [-0.3, -0.25) is 14.4 Å². The molecule has 6 aromatic rings. The molecule has 9 fully saturated rings. The molecule has 6 bridgehead atoms. The Hall–Kier alpha value is -8.54. The molecule has 24 atom stereocenters. The van der Waals surface area contributed by atoms with Crippen LogP contribution in [0.4, 0.5) is 14.4 Å². The third-order valence-corrected chi connectivity index (χ3v) is 31.1. The molecule has 30 nitrogen and oxygen atoms in total. The zero-order valence-corrected chi connectivity index (χ0v) is 85.5. The molecule has 33 heteroatoms. The maximum atomic E-state index is 14.3. The van der Waals surface area contributed by atoms with Gasteiger partial charge < -0.3 is 87.7 Å². The van der Waals surface area contributed by atoms with Gasteiger partial charge in [0.15, 0.2) is 0 Å². The quantitative estimate of drug-likeness (QED) is 0.0894. The van der Waals surface area contributed by atoms with E-state index in [4.69, 9.17) is 72.5 Å². The molecule has 0 spiro atoms. The molecule has 3 aromatic heterocycles. The van der Waals surface area contributed by atoms with Gasteiger partial charge in [-0.15, -0.1) is 0 Å². The molecule has 6 saturated carbocycles. The maximum Gasteiger partial charge on any atom is 0.408 e. The summed E-state index contributed by atoms with van der Waals surface area (Å²) in [7, 11) is 4.85. The van der Waals surface area contributed by atoms with Gasteiger partial charge in [0.05, 0.1) is 74.1 Å². The molecular formula is C102H135N12O18V3-3. The number of alkyl carbamates (subject to hydrolysis) is 3. The summed E-state index contributed by atoms with van der Waals surface area (Å²) in [4.78, 5) is 154. The fraction of sp³-hybridized carbons (Fsp3) is 0.676. The summed E-state index contributed by atoms with van der Waals surface area (Å²) in [5.41, 5.74) is 3.87. The first-order valence-corrected chi connectivity index (χ1v) is 48.6. The zero-order valence-electron chi connectivity index (χ0n) is 81.3. The number of benzene rings is 3. The third kappa shape index (κ3) is 22.4. The second-order valence-electron chi connectivity index (χ2n) is 43.1. The van der Waals surface area contributed by atoms with E-state index in [1.54, 1.807) is 21.3 Å². The molecule has 6 amide bonds. The van der Waals surface area contributed by atoms with Crippen LogP contribution in [0, 0.1) is 69.5 Å². The van der Waals surface area contributed by atoms with Crippen molar-refractivity contribution < 1.29 is 141 Å². The van der Waals surface area contributed by atoms with Gasteiger partial charge in [-0.05, 0) is 217 Å². The van der Waals surface area contributed by atoms with Crippen LogP contribution >= 0.6 is 0 Å². The number of carbonyl (C=O) groups is 6. The summed E-state index contributed by atoms with van der Waals surface area (Å²) in [6.07, 6.45) is 23.7. The minimum atomic E-state index is -0.907. The molecule has 3 aromatic carbocycles. The molecule has 9 heterocycles. The van der Waals surface area contributed by atoms with E-state index in [1.165, 1.54) is 14.7 Å². The molecule has 18 rings (SSSR count). The number of hydrogen-bond acceptors (Lipinski definition) is 24. The average molecular weight is 1970 g/mol. The molecule has 6 aliphatic carbocycles. The molecule has 3 radical (unpaired) electrons.